The zero-order valence-corrected chi connectivity index (χ0v) is 14.2. The molecule has 0 saturated heterocycles. The molecule has 0 spiro atoms. The number of benzene rings is 1. The average molecular weight is 353 g/mol. The van der Waals surface area contributed by atoms with Gasteiger partial charge in [0.2, 0.25) is 0 Å². The van der Waals surface area contributed by atoms with Crippen molar-refractivity contribution in [3.63, 3.8) is 0 Å². The van der Waals surface area contributed by atoms with Gasteiger partial charge in [0.1, 0.15) is 5.82 Å². The lowest BCUT2D eigenvalue weighted by Gasteiger charge is -2.11. The van der Waals surface area contributed by atoms with Crippen molar-refractivity contribution in [1.82, 2.24) is 0 Å². The zero-order chi connectivity index (χ0) is 14.3. The zero-order valence-electron chi connectivity index (χ0n) is 11.8. The van der Waals surface area contributed by atoms with E-state index in [1.165, 1.54) is 36.1 Å². The molecule has 0 aliphatic heterocycles. The minimum absolute atomic E-state index is 0.0843. The molecule has 0 N–H and O–H groups in total. The highest BCUT2D eigenvalue weighted by Gasteiger charge is 2.19. The molecule has 1 aliphatic carbocycles. The van der Waals surface area contributed by atoms with Crippen molar-refractivity contribution in [2.75, 3.05) is 0 Å². The van der Waals surface area contributed by atoms with Crippen LogP contribution < -0.4 is 0 Å². The second-order valence-electron chi connectivity index (χ2n) is 5.64. The first-order chi connectivity index (χ1) is 9.56. The number of thiophene rings is 1. The molecule has 1 atom stereocenters. The molecule has 0 radical (unpaired) electrons. The molecule has 0 bridgehead atoms. The Labute approximate surface area is 132 Å². The van der Waals surface area contributed by atoms with E-state index in [1.807, 2.05) is 37.3 Å². The van der Waals surface area contributed by atoms with Crippen molar-refractivity contribution in [3.05, 3.63) is 56.0 Å². The molecule has 20 heavy (non-hydrogen) atoms. The molecule has 3 heteroatoms. The predicted molar refractivity (Wildman–Crippen MR) is 87.6 cm³/mol. The third-order valence-electron chi connectivity index (χ3n) is 4.02. The summed E-state index contributed by atoms with van der Waals surface area (Å²) in [6.45, 7) is 3.68. The normalized spacial score (nSPS) is 16.0. The molecule has 1 aromatic carbocycles. The second kappa shape index (κ2) is 5.61. The Morgan fingerprint density at radius 3 is 2.40 bits per heavy atom. The fourth-order valence-corrected chi connectivity index (χ4v) is 4.87. The van der Waals surface area contributed by atoms with E-state index in [9.17, 15) is 4.39 Å². The molecule has 3 rings (SSSR count). The van der Waals surface area contributed by atoms with Gasteiger partial charge in [-0.15, -0.1) is 11.3 Å². The smallest absolute Gasteiger partial charge is 0.129 e. The molecule has 1 unspecified atom stereocenters. The average Bonchev–Trinajstić information content (AvgIpc) is 2.87. The minimum atomic E-state index is -0.0843. The number of rotatable bonds is 2. The Morgan fingerprint density at radius 2 is 1.75 bits per heavy atom. The summed E-state index contributed by atoms with van der Waals surface area (Å²) in [5.74, 6) is -0.0843. The van der Waals surface area contributed by atoms with Gasteiger partial charge in [0.15, 0.2) is 0 Å². The largest absolute Gasteiger partial charge is 0.206 e. The van der Waals surface area contributed by atoms with Gasteiger partial charge in [0.05, 0.1) is 4.83 Å². The van der Waals surface area contributed by atoms with Crippen molar-refractivity contribution < 1.29 is 4.39 Å². The molecule has 0 nitrogen and oxygen atoms in total. The Balaban J connectivity index is 1.96. The maximum absolute atomic E-state index is 13.7. The van der Waals surface area contributed by atoms with E-state index in [2.05, 4.69) is 22.0 Å². The van der Waals surface area contributed by atoms with Gasteiger partial charge in [-0.05, 0) is 67.9 Å². The van der Waals surface area contributed by atoms with Gasteiger partial charge in [-0.3, -0.25) is 0 Å². The summed E-state index contributed by atoms with van der Waals surface area (Å²) in [6.07, 6.45) is 5.06. The molecule has 1 aromatic heterocycles. The van der Waals surface area contributed by atoms with Crippen LogP contribution in [0.3, 0.4) is 0 Å². The lowest BCUT2D eigenvalue weighted by Crippen LogP contribution is -1.97. The first-order valence-corrected chi connectivity index (χ1v) is 8.81. The standard InChI is InChI=1S/C17H18BrFS/c1-10-7-13(8-11(2)17(10)19)16(18)15-9-12-5-3-4-6-14(12)20-15/h7-9,16H,3-6H2,1-2H3. The Morgan fingerprint density at radius 1 is 1.10 bits per heavy atom. The molecule has 2 aromatic rings. The Hall–Kier alpha value is -0.670. The van der Waals surface area contributed by atoms with Crippen LogP contribution in [-0.4, -0.2) is 0 Å². The molecule has 1 heterocycles. The highest BCUT2D eigenvalue weighted by molar-refractivity contribution is 9.09. The van der Waals surface area contributed by atoms with E-state index >= 15 is 0 Å². The van der Waals surface area contributed by atoms with Crippen molar-refractivity contribution in [2.24, 2.45) is 0 Å². The van der Waals surface area contributed by atoms with E-state index in [4.69, 9.17) is 0 Å². The molecular weight excluding hydrogens is 335 g/mol. The first-order valence-electron chi connectivity index (χ1n) is 7.08. The van der Waals surface area contributed by atoms with Gasteiger partial charge in [0.25, 0.3) is 0 Å². The van der Waals surface area contributed by atoms with Gasteiger partial charge in [0, 0.05) is 9.75 Å². The molecule has 1 aliphatic rings. The Kier molecular flexibility index (Phi) is 4.00. The van der Waals surface area contributed by atoms with E-state index in [1.54, 1.807) is 4.88 Å². The van der Waals surface area contributed by atoms with Gasteiger partial charge in [-0.1, -0.05) is 28.1 Å². The number of hydrogen-bond donors (Lipinski definition) is 0. The predicted octanol–water partition coefficient (Wildman–Crippen LogP) is 5.87. The summed E-state index contributed by atoms with van der Waals surface area (Å²) in [4.78, 5) is 3.07. The van der Waals surface area contributed by atoms with Gasteiger partial charge in [-0.2, -0.15) is 0 Å². The summed E-state index contributed by atoms with van der Waals surface area (Å²) in [5.41, 5.74) is 4.13. The Bertz CT molecular complexity index is 598. The van der Waals surface area contributed by atoms with E-state index in [0.717, 1.165) is 16.7 Å². The topological polar surface area (TPSA) is 0 Å². The number of hydrogen-bond acceptors (Lipinski definition) is 1. The summed E-state index contributed by atoms with van der Waals surface area (Å²) >= 11 is 5.71. The minimum Gasteiger partial charge on any atom is -0.206 e. The van der Waals surface area contributed by atoms with Crippen LogP contribution in [0.15, 0.2) is 18.2 Å². The van der Waals surface area contributed by atoms with Crippen LogP contribution in [0.4, 0.5) is 4.39 Å². The van der Waals surface area contributed by atoms with E-state index in [-0.39, 0.29) is 10.6 Å². The molecule has 106 valence electrons. The summed E-state index contributed by atoms with van der Waals surface area (Å²) in [6, 6.07) is 6.26. The fraction of sp³-hybridized carbons (Fsp3) is 0.412. The second-order valence-corrected chi connectivity index (χ2v) is 7.72. The van der Waals surface area contributed by atoms with Crippen LogP contribution in [-0.2, 0) is 12.8 Å². The number of halogens is 2. The molecular formula is C17H18BrFS. The highest BCUT2D eigenvalue weighted by Crippen LogP contribution is 2.40. The van der Waals surface area contributed by atoms with Crippen molar-refractivity contribution >= 4 is 27.3 Å². The maximum atomic E-state index is 13.7. The lowest BCUT2D eigenvalue weighted by atomic mass is 9.98. The van der Waals surface area contributed by atoms with Crippen LogP contribution in [0.1, 0.15) is 49.7 Å². The quantitative estimate of drug-likeness (QED) is 0.593. The van der Waals surface area contributed by atoms with Crippen molar-refractivity contribution in [3.8, 4) is 0 Å². The summed E-state index contributed by atoms with van der Waals surface area (Å²) in [5, 5.41) is 0. The van der Waals surface area contributed by atoms with Crippen LogP contribution in [0.5, 0.6) is 0 Å². The first kappa shape index (κ1) is 14.3. The third-order valence-corrected chi connectivity index (χ3v) is 6.64. The van der Waals surface area contributed by atoms with E-state index in [0.29, 0.717) is 0 Å². The van der Waals surface area contributed by atoms with Crippen LogP contribution in [0, 0.1) is 19.7 Å². The summed E-state index contributed by atoms with van der Waals surface area (Å²) in [7, 11) is 0. The number of alkyl halides is 1. The lowest BCUT2D eigenvalue weighted by molar-refractivity contribution is 0.608. The van der Waals surface area contributed by atoms with Gasteiger partial charge < -0.3 is 0 Å². The SMILES string of the molecule is Cc1cc(C(Br)c2cc3c(s2)CCCC3)cc(C)c1F. The van der Waals surface area contributed by atoms with Crippen LogP contribution in [0.25, 0.3) is 0 Å². The van der Waals surface area contributed by atoms with Crippen molar-refractivity contribution in [2.45, 2.75) is 44.4 Å². The van der Waals surface area contributed by atoms with E-state index < -0.39 is 0 Å². The van der Waals surface area contributed by atoms with Crippen molar-refractivity contribution in [1.29, 1.82) is 0 Å². The fourth-order valence-electron chi connectivity index (χ4n) is 2.93. The highest BCUT2D eigenvalue weighted by atomic mass is 79.9. The maximum Gasteiger partial charge on any atom is 0.129 e. The number of fused-ring (bicyclic) bond motifs is 1. The van der Waals surface area contributed by atoms with Gasteiger partial charge >= 0.3 is 0 Å². The van der Waals surface area contributed by atoms with Crippen LogP contribution >= 0.6 is 27.3 Å². The third kappa shape index (κ3) is 2.58. The molecule has 0 amide bonds. The molecule has 0 saturated carbocycles. The monoisotopic (exact) mass is 352 g/mol. The number of aryl methyl sites for hydroxylation is 4. The van der Waals surface area contributed by atoms with Gasteiger partial charge in [-0.25, -0.2) is 4.39 Å². The molecule has 0 fully saturated rings. The summed E-state index contributed by atoms with van der Waals surface area (Å²) < 4.78 is 13.7. The van der Waals surface area contributed by atoms with Crippen LogP contribution in [0.2, 0.25) is 0 Å².